The van der Waals surface area contributed by atoms with Gasteiger partial charge in [-0.25, -0.2) is 0 Å². The molecule has 0 heterocycles. The van der Waals surface area contributed by atoms with Crippen LogP contribution in [0.15, 0.2) is 0 Å². The lowest BCUT2D eigenvalue weighted by atomic mass is 10.1. The quantitative estimate of drug-likeness (QED) is 0.703. The average molecular weight is 199 g/mol. The minimum Gasteiger partial charge on any atom is -0.374 e. The van der Waals surface area contributed by atoms with Gasteiger partial charge in [-0.1, -0.05) is 26.2 Å². The Balaban J connectivity index is 2.45. The second-order valence-electron chi connectivity index (χ2n) is 4.53. The maximum Gasteiger partial charge on any atom is 0.0731 e. The summed E-state index contributed by atoms with van der Waals surface area (Å²) in [6.45, 7) is 7.50. The summed E-state index contributed by atoms with van der Waals surface area (Å²) in [5.74, 6) is 0. The fourth-order valence-corrected chi connectivity index (χ4v) is 2.28. The molecule has 0 aromatic rings. The number of nitrogens with one attached hydrogen (secondary N) is 1. The van der Waals surface area contributed by atoms with E-state index >= 15 is 0 Å². The molecular formula is C12H25NO. The Morgan fingerprint density at radius 3 is 2.57 bits per heavy atom. The zero-order valence-electron chi connectivity index (χ0n) is 9.88. The van der Waals surface area contributed by atoms with Crippen LogP contribution in [0.4, 0.5) is 0 Å². The maximum absolute atomic E-state index is 5.97. The van der Waals surface area contributed by atoms with Gasteiger partial charge >= 0.3 is 0 Å². The van der Waals surface area contributed by atoms with E-state index < -0.39 is 0 Å². The molecule has 1 saturated carbocycles. The topological polar surface area (TPSA) is 21.3 Å². The third-order valence-corrected chi connectivity index (χ3v) is 2.87. The van der Waals surface area contributed by atoms with Crippen molar-refractivity contribution >= 4 is 0 Å². The highest BCUT2D eigenvalue weighted by Gasteiger charge is 2.24. The molecule has 0 radical (unpaired) electrons. The molecule has 0 saturated heterocycles. The van der Waals surface area contributed by atoms with Crippen molar-refractivity contribution in [1.82, 2.24) is 5.32 Å². The number of hydrogen-bond acceptors (Lipinski definition) is 2. The summed E-state index contributed by atoms with van der Waals surface area (Å²) in [5, 5.41) is 3.55. The zero-order chi connectivity index (χ0) is 10.4. The molecule has 1 N–H and O–H groups in total. The molecule has 0 unspecified atom stereocenters. The van der Waals surface area contributed by atoms with E-state index in [-0.39, 0.29) is 0 Å². The van der Waals surface area contributed by atoms with Gasteiger partial charge in [0.2, 0.25) is 0 Å². The first-order chi connectivity index (χ1) is 6.74. The second kappa shape index (κ2) is 6.41. The van der Waals surface area contributed by atoms with Crippen molar-refractivity contribution in [3.05, 3.63) is 0 Å². The maximum atomic E-state index is 5.97. The molecule has 1 aliphatic rings. The summed E-state index contributed by atoms with van der Waals surface area (Å²) in [7, 11) is 0. The molecule has 14 heavy (non-hydrogen) atoms. The second-order valence-corrected chi connectivity index (χ2v) is 4.53. The molecular weight excluding hydrogens is 174 g/mol. The lowest BCUT2D eigenvalue weighted by Crippen LogP contribution is -2.41. The minimum absolute atomic E-state index is 0.360. The summed E-state index contributed by atoms with van der Waals surface area (Å²) >= 11 is 0. The van der Waals surface area contributed by atoms with Crippen molar-refractivity contribution in [3.63, 3.8) is 0 Å². The van der Waals surface area contributed by atoms with Crippen molar-refractivity contribution < 1.29 is 4.74 Å². The van der Waals surface area contributed by atoms with Crippen LogP contribution >= 0.6 is 0 Å². The molecule has 1 rings (SSSR count). The Kier molecular flexibility index (Phi) is 5.49. The first kappa shape index (κ1) is 12.0. The lowest BCUT2D eigenvalue weighted by molar-refractivity contribution is -0.0168. The fourth-order valence-electron chi connectivity index (χ4n) is 2.28. The average Bonchev–Trinajstić information content (AvgIpc) is 2.32. The molecule has 2 nitrogen and oxygen atoms in total. The molecule has 1 fully saturated rings. The molecule has 2 heteroatoms. The normalized spacial score (nSPS) is 29.1. The minimum atomic E-state index is 0.360. The molecule has 0 spiro atoms. The summed E-state index contributed by atoms with van der Waals surface area (Å²) < 4.78 is 5.97. The molecule has 0 aliphatic heterocycles. The van der Waals surface area contributed by atoms with Gasteiger partial charge in [-0.2, -0.15) is 0 Å². The van der Waals surface area contributed by atoms with Crippen LogP contribution in [-0.4, -0.2) is 24.8 Å². The van der Waals surface area contributed by atoms with Gasteiger partial charge in [-0.3, -0.25) is 0 Å². The van der Waals surface area contributed by atoms with Crippen LogP contribution in [0.25, 0.3) is 0 Å². The number of hydrogen-bond donors (Lipinski definition) is 1. The third-order valence-electron chi connectivity index (χ3n) is 2.87. The van der Waals surface area contributed by atoms with Crippen LogP contribution in [0.2, 0.25) is 0 Å². The first-order valence-corrected chi connectivity index (χ1v) is 6.13. The van der Waals surface area contributed by atoms with E-state index in [1.807, 2.05) is 0 Å². The summed E-state index contributed by atoms with van der Waals surface area (Å²) in [6, 6.07) is 0.588. The van der Waals surface area contributed by atoms with E-state index in [1.165, 1.54) is 32.1 Å². The van der Waals surface area contributed by atoms with Crippen molar-refractivity contribution in [2.75, 3.05) is 6.54 Å². The van der Waals surface area contributed by atoms with E-state index in [1.54, 1.807) is 0 Å². The van der Waals surface area contributed by atoms with Crippen LogP contribution in [0.1, 0.15) is 52.9 Å². The number of ether oxygens (including phenoxy) is 1. The number of rotatable bonds is 4. The Morgan fingerprint density at radius 2 is 1.93 bits per heavy atom. The molecule has 84 valence electrons. The van der Waals surface area contributed by atoms with E-state index in [0.717, 1.165) is 6.54 Å². The van der Waals surface area contributed by atoms with Gasteiger partial charge in [0.25, 0.3) is 0 Å². The van der Waals surface area contributed by atoms with E-state index in [0.29, 0.717) is 18.2 Å². The summed E-state index contributed by atoms with van der Waals surface area (Å²) in [4.78, 5) is 0. The monoisotopic (exact) mass is 199 g/mol. The largest absolute Gasteiger partial charge is 0.374 e. The zero-order valence-corrected chi connectivity index (χ0v) is 9.88. The predicted octanol–water partition coefficient (Wildman–Crippen LogP) is 2.72. The van der Waals surface area contributed by atoms with Crippen LogP contribution in [0, 0.1) is 0 Å². The Hall–Kier alpha value is -0.0800. The van der Waals surface area contributed by atoms with Crippen molar-refractivity contribution in [2.24, 2.45) is 0 Å². The summed E-state index contributed by atoms with van der Waals surface area (Å²) in [6.07, 6.45) is 7.38. The van der Waals surface area contributed by atoms with Gasteiger partial charge in [0.05, 0.1) is 12.2 Å². The SMILES string of the molecule is CCN[C@@H]1CCCCC[C@@H]1OC(C)C. The Morgan fingerprint density at radius 1 is 1.21 bits per heavy atom. The Bertz CT molecular complexity index is 147. The number of likely N-dealkylation sites (N-methyl/N-ethyl adjacent to an activating group) is 1. The van der Waals surface area contributed by atoms with E-state index in [4.69, 9.17) is 4.74 Å². The van der Waals surface area contributed by atoms with Crippen LogP contribution in [0.3, 0.4) is 0 Å². The molecule has 0 aromatic heterocycles. The molecule has 0 aromatic carbocycles. The van der Waals surface area contributed by atoms with Gasteiger partial charge in [0.1, 0.15) is 0 Å². The van der Waals surface area contributed by atoms with Crippen LogP contribution in [-0.2, 0) is 4.74 Å². The van der Waals surface area contributed by atoms with Crippen molar-refractivity contribution in [2.45, 2.75) is 71.1 Å². The molecule has 1 aliphatic carbocycles. The van der Waals surface area contributed by atoms with Gasteiger partial charge < -0.3 is 10.1 Å². The van der Waals surface area contributed by atoms with E-state index in [9.17, 15) is 0 Å². The smallest absolute Gasteiger partial charge is 0.0731 e. The highest BCUT2D eigenvalue weighted by atomic mass is 16.5. The van der Waals surface area contributed by atoms with Crippen molar-refractivity contribution in [3.8, 4) is 0 Å². The van der Waals surface area contributed by atoms with Gasteiger partial charge in [0, 0.05) is 6.04 Å². The lowest BCUT2D eigenvalue weighted by Gasteiger charge is -2.27. The van der Waals surface area contributed by atoms with Gasteiger partial charge in [-0.05, 0) is 33.2 Å². The summed E-state index contributed by atoms with van der Waals surface area (Å²) in [5.41, 5.74) is 0. The molecule has 2 atom stereocenters. The fraction of sp³-hybridized carbons (Fsp3) is 1.00. The third kappa shape index (κ3) is 3.97. The Labute approximate surface area is 88.4 Å². The molecule has 0 amide bonds. The first-order valence-electron chi connectivity index (χ1n) is 6.13. The van der Waals surface area contributed by atoms with E-state index in [2.05, 4.69) is 26.1 Å². The van der Waals surface area contributed by atoms with Crippen LogP contribution in [0.5, 0.6) is 0 Å². The predicted molar refractivity (Wildman–Crippen MR) is 60.6 cm³/mol. The van der Waals surface area contributed by atoms with Crippen LogP contribution < -0.4 is 5.32 Å². The van der Waals surface area contributed by atoms with Crippen molar-refractivity contribution in [1.29, 1.82) is 0 Å². The highest BCUT2D eigenvalue weighted by molar-refractivity contribution is 4.80. The standard InChI is InChI=1S/C12H25NO/c1-4-13-11-8-6-5-7-9-12(11)14-10(2)3/h10-13H,4-9H2,1-3H3/t11-,12+/m1/s1. The van der Waals surface area contributed by atoms with Gasteiger partial charge in [-0.15, -0.1) is 0 Å². The molecule has 0 bridgehead atoms. The highest BCUT2D eigenvalue weighted by Crippen LogP contribution is 2.21. The van der Waals surface area contributed by atoms with Gasteiger partial charge in [0.15, 0.2) is 0 Å².